The summed E-state index contributed by atoms with van der Waals surface area (Å²) in [6.45, 7) is 1.98. The van der Waals surface area contributed by atoms with Crippen molar-refractivity contribution in [3.63, 3.8) is 0 Å². The number of rotatable bonds is 2. The lowest BCUT2D eigenvalue weighted by molar-refractivity contribution is 0.456. The zero-order valence-electron chi connectivity index (χ0n) is 8.88. The van der Waals surface area contributed by atoms with Gasteiger partial charge in [0, 0.05) is 10.7 Å². The van der Waals surface area contributed by atoms with E-state index in [1.165, 1.54) is 0 Å². The molecule has 2 aromatic rings. The lowest BCUT2D eigenvalue weighted by Gasteiger charge is -2.09. The summed E-state index contributed by atoms with van der Waals surface area (Å²) in [5, 5.41) is 0.566. The second-order valence-corrected chi connectivity index (χ2v) is 5.66. The fourth-order valence-corrected chi connectivity index (χ4v) is 2.50. The molecule has 5 heteroatoms. The van der Waals surface area contributed by atoms with Gasteiger partial charge in [-0.15, -0.1) is 0 Å². The molecule has 2 rings (SSSR count). The molecule has 0 amide bonds. The molecule has 0 aliphatic rings. The molecule has 17 heavy (non-hydrogen) atoms. The minimum absolute atomic E-state index is 0.500. The van der Waals surface area contributed by atoms with E-state index >= 15 is 0 Å². The number of halogens is 3. The highest BCUT2D eigenvalue weighted by Crippen LogP contribution is 2.31. The number of benzene rings is 1. The summed E-state index contributed by atoms with van der Waals surface area (Å²) in [6.07, 6.45) is 1.55. The van der Waals surface area contributed by atoms with Crippen LogP contribution in [0.25, 0.3) is 0 Å². The Morgan fingerprint density at radius 2 is 2.00 bits per heavy atom. The van der Waals surface area contributed by atoms with E-state index in [-0.39, 0.29) is 0 Å². The van der Waals surface area contributed by atoms with Crippen molar-refractivity contribution in [3.05, 3.63) is 50.0 Å². The van der Waals surface area contributed by atoms with Crippen LogP contribution in [0.2, 0.25) is 5.02 Å². The summed E-state index contributed by atoms with van der Waals surface area (Å²) in [4.78, 5) is 4.12. The number of hydrogen-bond donors (Lipinski definition) is 0. The third kappa shape index (κ3) is 3.21. The van der Waals surface area contributed by atoms with Gasteiger partial charge in [0.2, 0.25) is 5.88 Å². The van der Waals surface area contributed by atoms with Gasteiger partial charge in [0.1, 0.15) is 5.75 Å². The highest BCUT2D eigenvalue weighted by Gasteiger charge is 2.07. The molecule has 1 aromatic heterocycles. The van der Waals surface area contributed by atoms with Crippen LogP contribution in [0.1, 0.15) is 5.56 Å². The molecule has 0 spiro atoms. The fraction of sp³-hybridized carbons (Fsp3) is 0.0833. The van der Waals surface area contributed by atoms with Crippen molar-refractivity contribution < 1.29 is 4.74 Å². The molecule has 0 atom stereocenters. The monoisotopic (exact) mass is 375 g/mol. The first-order chi connectivity index (χ1) is 8.06. The predicted molar refractivity (Wildman–Crippen MR) is 75.9 cm³/mol. The Hall–Kier alpha value is -0.580. The number of aryl methyl sites for hydroxylation is 1. The Kier molecular flexibility index (Phi) is 4.07. The van der Waals surface area contributed by atoms with Crippen LogP contribution in [0.15, 0.2) is 39.4 Å². The van der Waals surface area contributed by atoms with Crippen LogP contribution >= 0.6 is 43.5 Å². The van der Waals surface area contributed by atoms with Gasteiger partial charge in [-0.3, -0.25) is 0 Å². The molecule has 0 saturated carbocycles. The van der Waals surface area contributed by atoms with Crippen molar-refractivity contribution in [2.45, 2.75) is 6.92 Å². The topological polar surface area (TPSA) is 22.1 Å². The summed E-state index contributed by atoms with van der Waals surface area (Å²) in [5.41, 5.74) is 1.03. The Labute approximate surface area is 121 Å². The second-order valence-electron chi connectivity index (χ2n) is 3.45. The maximum absolute atomic E-state index is 5.82. The van der Waals surface area contributed by atoms with Crippen molar-refractivity contribution in [2.24, 2.45) is 0 Å². The number of pyridine rings is 1. The summed E-state index contributed by atoms with van der Waals surface area (Å²) >= 11 is 12.6. The Morgan fingerprint density at radius 3 is 2.65 bits per heavy atom. The molecule has 0 radical (unpaired) electrons. The van der Waals surface area contributed by atoms with Crippen molar-refractivity contribution in [2.75, 3.05) is 0 Å². The summed E-state index contributed by atoms with van der Waals surface area (Å²) in [6, 6.07) is 7.55. The molecule has 2 nitrogen and oxygen atoms in total. The first-order valence-electron chi connectivity index (χ1n) is 4.81. The zero-order valence-corrected chi connectivity index (χ0v) is 12.8. The van der Waals surface area contributed by atoms with Gasteiger partial charge in [-0.25, -0.2) is 4.98 Å². The van der Waals surface area contributed by atoms with Crippen molar-refractivity contribution in [1.82, 2.24) is 4.98 Å². The van der Waals surface area contributed by atoms with Crippen molar-refractivity contribution in [1.29, 1.82) is 0 Å². The molecule has 0 unspecified atom stereocenters. The molecular formula is C12H8Br2ClNO. The first kappa shape index (κ1) is 12.9. The summed E-state index contributed by atoms with van der Waals surface area (Å²) in [5.74, 6) is 1.27. The Bertz CT molecular complexity index is 511. The summed E-state index contributed by atoms with van der Waals surface area (Å²) in [7, 11) is 0. The largest absolute Gasteiger partial charge is 0.438 e. The van der Waals surface area contributed by atoms with Crippen LogP contribution < -0.4 is 4.74 Å². The third-order valence-electron chi connectivity index (χ3n) is 2.12. The molecule has 0 aliphatic heterocycles. The average Bonchev–Trinajstić information content (AvgIpc) is 2.25. The van der Waals surface area contributed by atoms with E-state index in [9.17, 15) is 0 Å². The van der Waals surface area contributed by atoms with Gasteiger partial charge in [-0.05, 0) is 52.7 Å². The number of nitrogens with zero attached hydrogens (tertiary/aromatic N) is 1. The van der Waals surface area contributed by atoms with E-state index < -0.39 is 0 Å². The van der Waals surface area contributed by atoms with Crippen LogP contribution in [-0.2, 0) is 0 Å². The number of ether oxygens (including phenoxy) is 1. The normalized spacial score (nSPS) is 10.4. The molecule has 0 aliphatic carbocycles. The van der Waals surface area contributed by atoms with Gasteiger partial charge in [0.15, 0.2) is 0 Å². The average molecular weight is 377 g/mol. The van der Waals surface area contributed by atoms with Crippen molar-refractivity contribution >= 4 is 43.5 Å². The van der Waals surface area contributed by atoms with E-state index in [0.29, 0.717) is 10.9 Å². The van der Waals surface area contributed by atoms with Gasteiger partial charge in [-0.1, -0.05) is 27.5 Å². The number of hydrogen-bond acceptors (Lipinski definition) is 2. The van der Waals surface area contributed by atoms with Gasteiger partial charge in [0.25, 0.3) is 0 Å². The SMILES string of the molecule is Cc1cc(Br)ccc1Oc1ncc(Cl)cc1Br. The lowest BCUT2D eigenvalue weighted by Crippen LogP contribution is -1.91. The maximum atomic E-state index is 5.82. The molecule has 1 aromatic carbocycles. The number of aromatic nitrogens is 1. The van der Waals surface area contributed by atoms with Crippen LogP contribution in [0.4, 0.5) is 0 Å². The van der Waals surface area contributed by atoms with Crippen molar-refractivity contribution in [3.8, 4) is 11.6 Å². The minimum Gasteiger partial charge on any atom is -0.438 e. The van der Waals surface area contributed by atoms with Crippen LogP contribution in [0.3, 0.4) is 0 Å². The molecule has 0 fully saturated rings. The van der Waals surface area contributed by atoms with E-state index in [4.69, 9.17) is 16.3 Å². The molecule has 0 N–H and O–H groups in total. The van der Waals surface area contributed by atoms with Gasteiger partial charge >= 0.3 is 0 Å². The van der Waals surface area contributed by atoms with E-state index in [1.807, 2.05) is 25.1 Å². The highest BCUT2D eigenvalue weighted by atomic mass is 79.9. The van der Waals surface area contributed by atoms with E-state index in [1.54, 1.807) is 12.3 Å². The lowest BCUT2D eigenvalue weighted by atomic mass is 10.2. The van der Waals surface area contributed by atoms with E-state index in [0.717, 1.165) is 20.3 Å². The third-order valence-corrected chi connectivity index (χ3v) is 3.39. The van der Waals surface area contributed by atoms with Gasteiger partial charge in [0.05, 0.1) is 9.50 Å². The van der Waals surface area contributed by atoms with Crippen LogP contribution in [0, 0.1) is 6.92 Å². The predicted octanol–water partition coefficient (Wildman–Crippen LogP) is 5.36. The molecule has 1 heterocycles. The van der Waals surface area contributed by atoms with Gasteiger partial charge < -0.3 is 4.74 Å². The van der Waals surface area contributed by atoms with Crippen LogP contribution in [0.5, 0.6) is 11.6 Å². The second kappa shape index (κ2) is 5.38. The zero-order chi connectivity index (χ0) is 12.4. The molecule has 0 saturated heterocycles. The Morgan fingerprint density at radius 1 is 1.24 bits per heavy atom. The highest BCUT2D eigenvalue weighted by molar-refractivity contribution is 9.10. The van der Waals surface area contributed by atoms with Gasteiger partial charge in [-0.2, -0.15) is 0 Å². The summed E-state index contributed by atoms with van der Waals surface area (Å²) < 4.78 is 7.46. The molecule has 88 valence electrons. The van der Waals surface area contributed by atoms with E-state index in [2.05, 4.69) is 36.8 Å². The fourth-order valence-electron chi connectivity index (χ4n) is 1.31. The maximum Gasteiger partial charge on any atom is 0.233 e. The standard InChI is InChI=1S/C12H8Br2ClNO/c1-7-4-8(13)2-3-11(7)17-12-10(14)5-9(15)6-16-12/h2-6H,1H3. The molecular weight excluding hydrogens is 369 g/mol. The molecule has 0 bridgehead atoms. The Balaban J connectivity index is 2.31. The van der Waals surface area contributed by atoms with Crippen LogP contribution in [-0.4, -0.2) is 4.98 Å². The first-order valence-corrected chi connectivity index (χ1v) is 6.78. The quantitative estimate of drug-likeness (QED) is 0.703. The minimum atomic E-state index is 0.500. The smallest absolute Gasteiger partial charge is 0.233 e.